The summed E-state index contributed by atoms with van der Waals surface area (Å²) in [5.41, 5.74) is 1.16. The van der Waals surface area contributed by atoms with Crippen molar-refractivity contribution in [2.45, 2.75) is 5.92 Å². The summed E-state index contributed by atoms with van der Waals surface area (Å²) in [5.74, 6) is -5.77. The van der Waals surface area contributed by atoms with Gasteiger partial charge in [0, 0.05) is 12.7 Å². The average Bonchev–Trinajstić information content (AvgIpc) is 2.28. The first kappa shape index (κ1) is 18.1. The predicted octanol–water partition coefficient (Wildman–Crippen LogP) is 2.60. The van der Waals surface area contributed by atoms with Gasteiger partial charge in [0.2, 0.25) is 0 Å². The zero-order valence-corrected chi connectivity index (χ0v) is 11.4. The van der Waals surface area contributed by atoms with Gasteiger partial charge in [0.15, 0.2) is 0 Å². The fraction of sp³-hybridized carbons (Fsp3) is 0.250. The molecule has 4 N–H and O–H groups in total. The summed E-state index contributed by atoms with van der Waals surface area (Å²) in [4.78, 5) is 23.4. The number of para-hydroxylation sites is 1. The van der Waals surface area contributed by atoms with Crippen molar-refractivity contribution in [3.63, 3.8) is 0 Å². The van der Waals surface area contributed by atoms with E-state index in [1.54, 1.807) is 0 Å². The van der Waals surface area contributed by atoms with Crippen molar-refractivity contribution in [3.8, 4) is 0 Å². The van der Waals surface area contributed by atoms with Crippen LogP contribution in [0.25, 0.3) is 0 Å². The molecule has 0 saturated heterocycles. The summed E-state index contributed by atoms with van der Waals surface area (Å²) in [7, 11) is -10.5. The van der Waals surface area contributed by atoms with Gasteiger partial charge in [0.1, 0.15) is 0 Å². The van der Waals surface area contributed by atoms with Gasteiger partial charge in [0.25, 0.3) is 0 Å². The van der Waals surface area contributed by atoms with Gasteiger partial charge < -0.3 is 20.0 Å². The Hall–Kier alpha value is -0.850. The minimum Gasteiger partial charge on any atom is -0.388 e. The molecule has 0 aliphatic heterocycles. The van der Waals surface area contributed by atoms with Crippen LogP contribution in [0.4, 0.5) is 18.9 Å². The van der Waals surface area contributed by atoms with E-state index >= 15 is 0 Å². The van der Waals surface area contributed by atoms with E-state index in [1.807, 2.05) is 37.4 Å². The van der Waals surface area contributed by atoms with Crippen molar-refractivity contribution in [1.82, 2.24) is 0 Å². The Labute approximate surface area is 106 Å². The van der Waals surface area contributed by atoms with Gasteiger partial charge in [-0.25, -0.2) is 4.57 Å². The molecule has 0 saturated carbocycles. The number of halogens is 3. The molecule has 0 spiro atoms. The molecule has 1 aromatic carbocycles. The van der Waals surface area contributed by atoms with E-state index in [4.69, 9.17) is 14.7 Å². The lowest BCUT2D eigenvalue weighted by Crippen LogP contribution is -2.08. The third kappa shape index (κ3) is 5.34. The van der Waals surface area contributed by atoms with Crippen LogP contribution in [0, 0.1) is 0 Å². The summed E-state index contributed by atoms with van der Waals surface area (Å²) in [6.45, 7) is 0. The highest BCUT2D eigenvalue weighted by Crippen LogP contribution is 2.81. The SMILES string of the molecule is CNc1ccccc1.O=P(O)(O)P(=O)(O)C(F)(F)F. The van der Waals surface area contributed by atoms with Gasteiger partial charge in [-0.2, -0.15) is 13.2 Å². The van der Waals surface area contributed by atoms with E-state index in [0.29, 0.717) is 0 Å². The number of benzene rings is 1. The van der Waals surface area contributed by atoms with E-state index in [2.05, 4.69) is 5.32 Å². The van der Waals surface area contributed by atoms with E-state index < -0.39 is 20.3 Å². The first-order valence-corrected chi connectivity index (χ1v) is 8.59. The molecule has 0 amide bonds. The zero-order chi connectivity index (χ0) is 15.3. The smallest absolute Gasteiger partial charge is 0.388 e. The molecule has 1 atom stereocenters. The normalized spacial score (nSPS) is 14.9. The summed E-state index contributed by atoms with van der Waals surface area (Å²) < 4.78 is 53.7. The van der Waals surface area contributed by atoms with Gasteiger partial charge in [-0.05, 0) is 12.1 Å². The fourth-order valence-corrected chi connectivity index (χ4v) is 1.93. The standard InChI is InChI=1S/C7H9N.CH3F3O5P2/c1-8-7-5-3-2-4-6-7;2-1(3,4)10(5,6)11(7,8)9/h2-6,8H,1H3;(H,5,6)(H2,7,8,9). The van der Waals surface area contributed by atoms with E-state index in [-0.39, 0.29) is 0 Å². The van der Waals surface area contributed by atoms with Crippen LogP contribution in [0.1, 0.15) is 0 Å². The second-order valence-corrected chi connectivity index (χ2v) is 8.95. The van der Waals surface area contributed by atoms with Gasteiger partial charge >= 0.3 is 20.3 Å². The minimum absolute atomic E-state index is 1.16. The number of alkyl halides is 3. The minimum atomic E-state index is -6.39. The first-order valence-electron chi connectivity index (χ1n) is 4.62. The highest BCUT2D eigenvalue weighted by molar-refractivity contribution is 8.29. The summed E-state index contributed by atoms with van der Waals surface area (Å²) in [6, 6.07) is 10.1. The molecule has 1 rings (SSSR count). The molecule has 1 aromatic rings. The summed E-state index contributed by atoms with van der Waals surface area (Å²) in [5, 5.41) is 3.03. The predicted molar refractivity (Wildman–Crippen MR) is 63.9 cm³/mol. The highest BCUT2D eigenvalue weighted by Gasteiger charge is 2.62. The van der Waals surface area contributed by atoms with Crippen molar-refractivity contribution < 1.29 is 37.0 Å². The summed E-state index contributed by atoms with van der Waals surface area (Å²) in [6.07, 6.45) is 0. The second-order valence-electron chi connectivity index (χ2n) is 3.14. The Morgan fingerprint density at radius 1 is 1.05 bits per heavy atom. The van der Waals surface area contributed by atoms with Gasteiger partial charge in [-0.3, -0.25) is 4.57 Å². The molecule has 0 aliphatic carbocycles. The third-order valence-corrected chi connectivity index (χ3v) is 5.91. The van der Waals surface area contributed by atoms with Crippen LogP contribution in [0.15, 0.2) is 30.3 Å². The maximum absolute atomic E-state index is 11.3. The molecule has 19 heavy (non-hydrogen) atoms. The number of rotatable bonds is 2. The zero-order valence-electron chi connectivity index (χ0n) is 9.57. The molecule has 11 heteroatoms. The molecule has 0 heterocycles. The van der Waals surface area contributed by atoms with Crippen LogP contribution in [0.5, 0.6) is 0 Å². The lowest BCUT2D eigenvalue weighted by molar-refractivity contribution is -0.0528. The van der Waals surface area contributed by atoms with Crippen molar-refractivity contribution in [2.75, 3.05) is 12.4 Å². The van der Waals surface area contributed by atoms with Crippen LogP contribution < -0.4 is 5.32 Å². The Balaban J connectivity index is 0.000000356. The molecule has 0 fully saturated rings. The lowest BCUT2D eigenvalue weighted by Gasteiger charge is -2.14. The van der Waals surface area contributed by atoms with E-state index in [9.17, 15) is 22.3 Å². The molecule has 0 aliphatic rings. The quantitative estimate of drug-likeness (QED) is 0.624. The van der Waals surface area contributed by atoms with Crippen LogP contribution in [0.2, 0.25) is 0 Å². The largest absolute Gasteiger partial charge is 0.477 e. The number of nitrogens with one attached hydrogen (secondary N) is 1. The fourth-order valence-electron chi connectivity index (χ4n) is 0.753. The maximum atomic E-state index is 11.3. The first-order chi connectivity index (χ1) is 8.43. The van der Waals surface area contributed by atoms with Crippen LogP contribution in [-0.4, -0.2) is 27.6 Å². The van der Waals surface area contributed by atoms with Crippen molar-refractivity contribution in [2.24, 2.45) is 0 Å². The summed E-state index contributed by atoms with van der Waals surface area (Å²) >= 11 is 0. The van der Waals surface area contributed by atoms with Crippen molar-refractivity contribution in [1.29, 1.82) is 0 Å². The molecule has 0 aromatic heterocycles. The molecule has 6 nitrogen and oxygen atoms in total. The molecular weight excluding hydrogens is 309 g/mol. The monoisotopic (exact) mass is 321 g/mol. The van der Waals surface area contributed by atoms with Crippen LogP contribution in [0.3, 0.4) is 0 Å². The Bertz CT molecular complexity index is 487. The number of hydrogen-bond donors (Lipinski definition) is 4. The van der Waals surface area contributed by atoms with Crippen molar-refractivity contribution in [3.05, 3.63) is 30.3 Å². The highest BCUT2D eigenvalue weighted by atomic mass is 32.1. The van der Waals surface area contributed by atoms with Crippen LogP contribution >= 0.6 is 14.3 Å². The topological polar surface area (TPSA) is 107 Å². The molecule has 0 radical (unpaired) electrons. The number of anilines is 1. The third-order valence-electron chi connectivity index (χ3n) is 1.75. The maximum Gasteiger partial charge on any atom is 0.477 e. The van der Waals surface area contributed by atoms with Crippen LogP contribution in [-0.2, 0) is 9.13 Å². The molecular formula is C8H12F3NO5P2. The van der Waals surface area contributed by atoms with Gasteiger partial charge in [0.05, 0.1) is 0 Å². The molecule has 0 bridgehead atoms. The number of hydrogen-bond acceptors (Lipinski definition) is 3. The second kappa shape index (κ2) is 6.54. The molecule has 110 valence electrons. The molecule has 1 unspecified atom stereocenters. The van der Waals surface area contributed by atoms with E-state index in [1.165, 1.54) is 0 Å². The van der Waals surface area contributed by atoms with E-state index in [0.717, 1.165) is 5.69 Å². The van der Waals surface area contributed by atoms with Gasteiger partial charge in [-0.1, -0.05) is 18.2 Å². The Morgan fingerprint density at radius 3 is 1.63 bits per heavy atom. The van der Waals surface area contributed by atoms with Crippen molar-refractivity contribution >= 4 is 20.0 Å². The Morgan fingerprint density at radius 2 is 1.47 bits per heavy atom. The Kier molecular flexibility index (Phi) is 6.25. The average molecular weight is 321 g/mol. The lowest BCUT2D eigenvalue weighted by atomic mass is 10.3. The van der Waals surface area contributed by atoms with Gasteiger partial charge in [-0.15, -0.1) is 0 Å².